The summed E-state index contributed by atoms with van der Waals surface area (Å²) in [5.74, 6) is 0.279. The number of rotatable bonds is 5. The third kappa shape index (κ3) is 3.58. The lowest BCUT2D eigenvalue weighted by Gasteiger charge is -2.09. The molecule has 0 fully saturated rings. The third-order valence-corrected chi connectivity index (χ3v) is 3.35. The zero-order chi connectivity index (χ0) is 14.7. The summed E-state index contributed by atoms with van der Waals surface area (Å²) in [7, 11) is 0. The molecule has 0 bridgehead atoms. The summed E-state index contributed by atoms with van der Waals surface area (Å²) >= 11 is 5.95. The number of benzene rings is 1. The van der Waals surface area contributed by atoms with Gasteiger partial charge in [-0.3, -0.25) is 0 Å². The Bertz CT molecular complexity index is 573. The molecular formula is C15H19ClFN3. The molecule has 0 amide bonds. The molecular weight excluding hydrogens is 277 g/mol. The molecule has 0 aliphatic rings. The molecule has 1 N–H and O–H groups in total. The van der Waals surface area contributed by atoms with Gasteiger partial charge in [0.2, 0.25) is 0 Å². The molecule has 1 aromatic carbocycles. The number of aryl methyl sites for hydroxylation is 1. The van der Waals surface area contributed by atoms with Gasteiger partial charge < -0.3 is 5.32 Å². The van der Waals surface area contributed by atoms with Crippen molar-refractivity contribution in [3.05, 3.63) is 46.5 Å². The Balaban J connectivity index is 2.13. The quantitative estimate of drug-likeness (QED) is 0.911. The maximum absolute atomic E-state index is 14.1. The van der Waals surface area contributed by atoms with Crippen molar-refractivity contribution in [2.45, 2.75) is 27.3 Å². The second-order valence-electron chi connectivity index (χ2n) is 5.32. The van der Waals surface area contributed by atoms with Crippen molar-refractivity contribution >= 4 is 11.6 Å². The standard InChI is InChI=1S/C15H19ClFN3/c1-10(2)7-18-8-12-4-5-15(14(17)6-12)20-9-13(16)11(3)19-20/h4-6,9-10,18H,7-8H2,1-3H3. The second-order valence-corrected chi connectivity index (χ2v) is 5.72. The van der Waals surface area contributed by atoms with Crippen molar-refractivity contribution in [3.63, 3.8) is 0 Å². The van der Waals surface area contributed by atoms with Crippen LogP contribution in [0.3, 0.4) is 0 Å². The van der Waals surface area contributed by atoms with Crippen molar-refractivity contribution < 1.29 is 4.39 Å². The van der Waals surface area contributed by atoms with Crippen molar-refractivity contribution in [1.82, 2.24) is 15.1 Å². The number of hydrogen-bond acceptors (Lipinski definition) is 2. The van der Waals surface area contributed by atoms with E-state index in [0.29, 0.717) is 28.9 Å². The second kappa shape index (κ2) is 6.37. The highest BCUT2D eigenvalue weighted by Gasteiger charge is 2.09. The number of nitrogens with one attached hydrogen (secondary N) is 1. The molecule has 1 heterocycles. The van der Waals surface area contributed by atoms with E-state index in [1.54, 1.807) is 19.2 Å². The first-order valence-electron chi connectivity index (χ1n) is 6.68. The van der Waals surface area contributed by atoms with Crippen LogP contribution in [-0.2, 0) is 6.54 Å². The van der Waals surface area contributed by atoms with Gasteiger partial charge in [0.1, 0.15) is 11.5 Å². The fourth-order valence-electron chi connectivity index (χ4n) is 1.91. The van der Waals surface area contributed by atoms with Gasteiger partial charge in [-0.1, -0.05) is 31.5 Å². The Labute approximate surface area is 123 Å². The van der Waals surface area contributed by atoms with Crippen molar-refractivity contribution in [1.29, 1.82) is 0 Å². The first kappa shape index (κ1) is 15.0. The summed E-state index contributed by atoms with van der Waals surface area (Å²) in [6, 6.07) is 5.16. The van der Waals surface area contributed by atoms with Gasteiger partial charge in [-0.2, -0.15) is 5.10 Å². The lowest BCUT2D eigenvalue weighted by molar-refractivity contribution is 0.549. The summed E-state index contributed by atoms with van der Waals surface area (Å²) in [5.41, 5.74) is 2.02. The minimum absolute atomic E-state index is 0.298. The first-order chi connectivity index (χ1) is 9.47. The fourth-order valence-corrected chi connectivity index (χ4v) is 2.04. The third-order valence-electron chi connectivity index (χ3n) is 2.98. The van der Waals surface area contributed by atoms with E-state index in [2.05, 4.69) is 24.3 Å². The van der Waals surface area contributed by atoms with Crippen LogP contribution in [0.1, 0.15) is 25.1 Å². The molecule has 0 unspecified atom stereocenters. The monoisotopic (exact) mass is 295 g/mol. The molecule has 0 aliphatic heterocycles. The zero-order valence-corrected chi connectivity index (χ0v) is 12.7. The van der Waals surface area contributed by atoms with Crippen molar-refractivity contribution in [3.8, 4) is 5.69 Å². The van der Waals surface area contributed by atoms with Crippen molar-refractivity contribution in [2.75, 3.05) is 6.54 Å². The average Bonchev–Trinajstić information content (AvgIpc) is 2.69. The van der Waals surface area contributed by atoms with Gasteiger partial charge in [-0.05, 0) is 37.1 Å². The van der Waals surface area contributed by atoms with E-state index in [4.69, 9.17) is 11.6 Å². The zero-order valence-electron chi connectivity index (χ0n) is 12.0. The molecule has 3 nitrogen and oxygen atoms in total. The van der Waals surface area contributed by atoms with Crippen LogP contribution in [0.5, 0.6) is 0 Å². The van der Waals surface area contributed by atoms with E-state index < -0.39 is 0 Å². The summed E-state index contributed by atoms with van der Waals surface area (Å²) in [5, 5.41) is 8.01. The van der Waals surface area contributed by atoms with Crippen molar-refractivity contribution in [2.24, 2.45) is 5.92 Å². The Hall–Kier alpha value is -1.39. The molecule has 1 aromatic heterocycles. The molecule has 2 aromatic rings. The molecule has 0 atom stereocenters. The molecule has 0 saturated carbocycles. The lowest BCUT2D eigenvalue weighted by atomic mass is 10.1. The highest BCUT2D eigenvalue weighted by atomic mass is 35.5. The topological polar surface area (TPSA) is 29.9 Å². The largest absolute Gasteiger partial charge is 0.312 e. The summed E-state index contributed by atoms with van der Waals surface area (Å²) in [6.07, 6.45) is 1.62. The SMILES string of the molecule is Cc1nn(-c2ccc(CNCC(C)C)cc2F)cc1Cl. The molecule has 5 heteroatoms. The van der Waals surface area contributed by atoms with Crippen LogP contribution >= 0.6 is 11.6 Å². The van der Waals surface area contributed by atoms with Gasteiger partial charge in [-0.15, -0.1) is 0 Å². The summed E-state index contributed by atoms with van der Waals surface area (Å²) < 4.78 is 15.6. The number of halogens is 2. The van der Waals surface area contributed by atoms with E-state index in [1.807, 2.05) is 6.07 Å². The molecule has 0 aliphatic carbocycles. The lowest BCUT2D eigenvalue weighted by Crippen LogP contribution is -2.19. The van der Waals surface area contributed by atoms with Crippen LogP contribution in [0.25, 0.3) is 5.69 Å². The highest BCUT2D eigenvalue weighted by Crippen LogP contribution is 2.19. The van der Waals surface area contributed by atoms with E-state index in [-0.39, 0.29) is 5.82 Å². The smallest absolute Gasteiger partial charge is 0.149 e. The summed E-state index contributed by atoms with van der Waals surface area (Å²) in [6.45, 7) is 7.65. The number of nitrogens with zero attached hydrogens (tertiary/aromatic N) is 2. The minimum atomic E-state index is -0.298. The van der Waals surface area contributed by atoms with E-state index in [9.17, 15) is 4.39 Å². The van der Waals surface area contributed by atoms with Crippen LogP contribution in [0.15, 0.2) is 24.4 Å². The van der Waals surface area contributed by atoms with Gasteiger partial charge in [0, 0.05) is 12.7 Å². The van der Waals surface area contributed by atoms with Gasteiger partial charge in [0.25, 0.3) is 0 Å². The number of hydrogen-bond donors (Lipinski definition) is 1. The fraction of sp³-hybridized carbons (Fsp3) is 0.400. The predicted molar refractivity (Wildman–Crippen MR) is 79.8 cm³/mol. The molecule has 0 spiro atoms. The predicted octanol–water partition coefficient (Wildman–Crippen LogP) is 3.72. The Morgan fingerprint density at radius 3 is 2.70 bits per heavy atom. The maximum atomic E-state index is 14.1. The van der Waals surface area contributed by atoms with Crippen LogP contribution in [0.2, 0.25) is 5.02 Å². The maximum Gasteiger partial charge on any atom is 0.149 e. The molecule has 108 valence electrons. The van der Waals surface area contributed by atoms with Crippen LogP contribution in [0, 0.1) is 18.7 Å². The van der Waals surface area contributed by atoms with Gasteiger partial charge in [0.05, 0.1) is 10.7 Å². The molecule has 20 heavy (non-hydrogen) atoms. The molecule has 2 rings (SSSR count). The average molecular weight is 296 g/mol. The molecule has 0 saturated heterocycles. The van der Waals surface area contributed by atoms with Gasteiger partial charge >= 0.3 is 0 Å². The van der Waals surface area contributed by atoms with Gasteiger partial charge in [0.15, 0.2) is 0 Å². The van der Waals surface area contributed by atoms with Crippen LogP contribution < -0.4 is 5.32 Å². The highest BCUT2D eigenvalue weighted by molar-refractivity contribution is 6.31. The Morgan fingerprint density at radius 1 is 1.40 bits per heavy atom. The number of aromatic nitrogens is 2. The van der Waals surface area contributed by atoms with E-state index >= 15 is 0 Å². The first-order valence-corrected chi connectivity index (χ1v) is 7.06. The summed E-state index contributed by atoms with van der Waals surface area (Å²) in [4.78, 5) is 0. The van der Waals surface area contributed by atoms with E-state index in [0.717, 1.165) is 12.1 Å². The normalized spacial score (nSPS) is 11.3. The van der Waals surface area contributed by atoms with Crippen LogP contribution in [0.4, 0.5) is 4.39 Å². The Morgan fingerprint density at radius 2 is 2.15 bits per heavy atom. The van der Waals surface area contributed by atoms with Gasteiger partial charge in [-0.25, -0.2) is 9.07 Å². The van der Waals surface area contributed by atoms with Crippen LogP contribution in [-0.4, -0.2) is 16.3 Å². The van der Waals surface area contributed by atoms with E-state index in [1.165, 1.54) is 10.7 Å². The minimum Gasteiger partial charge on any atom is -0.312 e. The Kier molecular flexibility index (Phi) is 4.78. The molecule has 0 radical (unpaired) electrons.